The van der Waals surface area contributed by atoms with Gasteiger partial charge in [-0.1, -0.05) is 23.7 Å². The molecule has 0 fully saturated rings. The van der Waals surface area contributed by atoms with Gasteiger partial charge >= 0.3 is 0 Å². The second-order valence-electron chi connectivity index (χ2n) is 4.78. The zero-order valence-corrected chi connectivity index (χ0v) is 12.2. The molecule has 1 atom stereocenters. The number of benzene rings is 2. The number of nitrogens with two attached hydrogens (primary N) is 1. The normalized spacial score (nSPS) is 14.6. The van der Waals surface area contributed by atoms with E-state index in [1.807, 2.05) is 30.3 Å². The highest BCUT2D eigenvalue weighted by atomic mass is 35.5. The van der Waals surface area contributed by atoms with Crippen molar-refractivity contribution in [1.82, 2.24) is 0 Å². The van der Waals surface area contributed by atoms with Gasteiger partial charge in [0.05, 0.1) is 6.04 Å². The topological polar surface area (TPSA) is 53.7 Å². The summed E-state index contributed by atoms with van der Waals surface area (Å²) in [6.07, 6.45) is 0. The van der Waals surface area contributed by atoms with E-state index in [-0.39, 0.29) is 6.04 Å². The minimum atomic E-state index is -0.250. The first-order valence-corrected chi connectivity index (χ1v) is 7.14. The fourth-order valence-corrected chi connectivity index (χ4v) is 2.31. The Morgan fingerprint density at radius 3 is 2.71 bits per heavy atom. The Morgan fingerprint density at radius 2 is 1.90 bits per heavy atom. The molecule has 2 aromatic rings. The second-order valence-corrected chi connectivity index (χ2v) is 5.21. The highest BCUT2D eigenvalue weighted by molar-refractivity contribution is 6.30. The van der Waals surface area contributed by atoms with Gasteiger partial charge in [-0.05, 0) is 35.9 Å². The lowest BCUT2D eigenvalue weighted by molar-refractivity contribution is 0.171. The highest BCUT2D eigenvalue weighted by Crippen LogP contribution is 2.32. The molecule has 0 spiro atoms. The van der Waals surface area contributed by atoms with Crippen molar-refractivity contribution in [3.05, 3.63) is 53.1 Å². The van der Waals surface area contributed by atoms with Crippen LogP contribution in [0.25, 0.3) is 0 Å². The van der Waals surface area contributed by atoms with Crippen LogP contribution < -0.4 is 19.9 Å². The van der Waals surface area contributed by atoms with Crippen molar-refractivity contribution < 1.29 is 14.2 Å². The molecule has 2 aromatic carbocycles. The van der Waals surface area contributed by atoms with Crippen LogP contribution in [-0.4, -0.2) is 19.8 Å². The Hall–Kier alpha value is -1.91. The minimum Gasteiger partial charge on any atom is -0.492 e. The molecule has 0 amide bonds. The molecule has 110 valence electrons. The van der Waals surface area contributed by atoms with Crippen LogP contribution in [0.15, 0.2) is 42.5 Å². The van der Waals surface area contributed by atoms with Gasteiger partial charge in [0, 0.05) is 5.02 Å². The van der Waals surface area contributed by atoms with E-state index in [9.17, 15) is 0 Å². The Bertz CT molecular complexity index is 633. The van der Waals surface area contributed by atoms with Crippen LogP contribution in [0, 0.1) is 0 Å². The summed E-state index contributed by atoms with van der Waals surface area (Å²) in [5.41, 5.74) is 7.11. The van der Waals surface area contributed by atoms with Crippen molar-refractivity contribution in [2.24, 2.45) is 5.73 Å². The van der Waals surface area contributed by atoms with E-state index in [1.54, 1.807) is 12.1 Å². The maximum Gasteiger partial charge on any atom is 0.161 e. The molecule has 0 radical (unpaired) electrons. The number of ether oxygens (including phenoxy) is 3. The molecule has 0 bridgehead atoms. The predicted molar refractivity (Wildman–Crippen MR) is 81.3 cm³/mol. The van der Waals surface area contributed by atoms with Crippen LogP contribution in [0.3, 0.4) is 0 Å². The van der Waals surface area contributed by atoms with Gasteiger partial charge in [-0.25, -0.2) is 0 Å². The third-order valence-electron chi connectivity index (χ3n) is 3.22. The summed E-state index contributed by atoms with van der Waals surface area (Å²) < 4.78 is 16.7. The molecule has 1 unspecified atom stereocenters. The molecular formula is C16H16ClNO3. The van der Waals surface area contributed by atoms with Crippen LogP contribution in [-0.2, 0) is 0 Å². The molecule has 5 heteroatoms. The molecule has 0 saturated heterocycles. The lowest BCUT2D eigenvalue weighted by Crippen LogP contribution is -2.20. The van der Waals surface area contributed by atoms with Crippen molar-refractivity contribution in [1.29, 1.82) is 0 Å². The van der Waals surface area contributed by atoms with Gasteiger partial charge in [0.2, 0.25) is 0 Å². The quantitative estimate of drug-likeness (QED) is 0.942. The maximum absolute atomic E-state index is 6.16. The lowest BCUT2D eigenvalue weighted by atomic mass is 10.1. The Kier molecular flexibility index (Phi) is 4.18. The zero-order chi connectivity index (χ0) is 14.7. The fourth-order valence-electron chi connectivity index (χ4n) is 2.13. The number of rotatable bonds is 4. The smallest absolute Gasteiger partial charge is 0.161 e. The standard InChI is InChI=1S/C16H16ClNO3/c17-12-2-1-3-13(9-12)21-10-14(18)11-4-5-15-16(8-11)20-7-6-19-15/h1-5,8-9,14H,6-7,10,18H2. The zero-order valence-electron chi connectivity index (χ0n) is 11.4. The number of hydrogen-bond donors (Lipinski definition) is 1. The van der Waals surface area contributed by atoms with Crippen molar-refractivity contribution >= 4 is 11.6 Å². The number of hydrogen-bond acceptors (Lipinski definition) is 4. The van der Waals surface area contributed by atoms with Gasteiger partial charge in [-0.3, -0.25) is 0 Å². The van der Waals surface area contributed by atoms with Crippen molar-refractivity contribution in [3.8, 4) is 17.2 Å². The van der Waals surface area contributed by atoms with E-state index in [0.717, 1.165) is 17.1 Å². The summed E-state index contributed by atoms with van der Waals surface area (Å²) in [6.45, 7) is 1.50. The Labute approximate surface area is 128 Å². The van der Waals surface area contributed by atoms with Crippen LogP contribution in [0.5, 0.6) is 17.2 Å². The summed E-state index contributed by atoms with van der Waals surface area (Å²) in [5, 5.41) is 0.639. The van der Waals surface area contributed by atoms with Crippen molar-refractivity contribution in [3.63, 3.8) is 0 Å². The van der Waals surface area contributed by atoms with Gasteiger partial charge in [0.15, 0.2) is 11.5 Å². The van der Waals surface area contributed by atoms with E-state index < -0.39 is 0 Å². The Balaban J connectivity index is 1.66. The molecule has 21 heavy (non-hydrogen) atoms. The average molecular weight is 306 g/mol. The summed E-state index contributed by atoms with van der Waals surface area (Å²) >= 11 is 5.91. The van der Waals surface area contributed by atoms with Crippen molar-refractivity contribution in [2.45, 2.75) is 6.04 Å². The first-order valence-electron chi connectivity index (χ1n) is 6.76. The maximum atomic E-state index is 6.16. The van der Waals surface area contributed by atoms with Gasteiger partial charge in [0.25, 0.3) is 0 Å². The first-order chi connectivity index (χ1) is 10.2. The van der Waals surface area contributed by atoms with Gasteiger partial charge in [-0.15, -0.1) is 0 Å². The number of halogens is 1. The molecule has 3 rings (SSSR count). The molecule has 1 aliphatic heterocycles. The molecule has 4 nitrogen and oxygen atoms in total. The fraction of sp³-hybridized carbons (Fsp3) is 0.250. The highest BCUT2D eigenvalue weighted by Gasteiger charge is 2.15. The lowest BCUT2D eigenvalue weighted by Gasteiger charge is -2.20. The SMILES string of the molecule is NC(COc1cccc(Cl)c1)c1ccc2c(c1)OCCO2. The van der Waals surface area contributed by atoms with E-state index in [4.69, 9.17) is 31.5 Å². The largest absolute Gasteiger partial charge is 0.492 e. The van der Waals surface area contributed by atoms with Gasteiger partial charge < -0.3 is 19.9 Å². The summed E-state index contributed by atoms with van der Waals surface area (Å²) in [5.74, 6) is 2.19. The third kappa shape index (κ3) is 3.40. The predicted octanol–water partition coefficient (Wildman–Crippen LogP) is 3.19. The number of fused-ring (bicyclic) bond motifs is 1. The van der Waals surface area contributed by atoms with Crippen molar-refractivity contribution in [2.75, 3.05) is 19.8 Å². The average Bonchev–Trinajstić information content (AvgIpc) is 2.52. The van der Waals surface area contributed by atoms with E-state index >= 15 is 0 Å². The second kappa shape index (κ2) is 6.24. The monoisotopic (exact) mass is 305 g/mol. The van der Waals surface area contributed by atoms with Crippen LogP contribution in [0.1, 0.15) is 11.6 Å². The molecule has 0 saturated carbocycles. The van der Waals surface area contributed by atoms with E-state index in [0.29, 0.717) is 30.6 Å². The molecule has 1 heterocycles. The molecule has 0 aromatic heterocycles. The summed E-state index contributed by atoms with van der Waals surface area (Å²) in [4.78, 5) is 0. The molecule has 0 aliphatic carbocycles. The molecule has 1 aliphatic rings. The van der Waals surface area contributed by atoms with Crippen LogP contribution in [0.4, 0.5) is 0 Å². The van der Waals surface area contributed by atoms with Crippen LogP contribution in [0.2, 0.25) is 5.02 Å². The van der Waals surface area contributed by atoms with E-state index in [1.165, 1.54) is 0 Å². The third-order valence-corrected chi connectivity index (χ3v) is 3.46. The minimum absolute atomic E-state index is 0.250. The summed E-state index contributed by atoms with van der Waals surface area (Å²) in [6, 6.07) is 12.7. The van der Waals surface area contributed by atoms with Gasteiger partial charge in [-0.2, -0.15) is 0 Å². The molecule has 2 N–H and O–H groups in total. The summed E-state index contributed by atoms with van der Waals surface area (Å²) in [7, 11) is 0. The van der Waals surface area contributed by atoms with E-state index in [2.05, 4.69) is 0 Å². The van der Waals surface area contributed by atoms with Gasteiger partial charge in [0.1, 0.15) is 25.6 Å². The first kappa shape index (κ1) is 14.0. The Morgan fingerprint density at radius 1 is 1.10 bits per heavy atom. The molecular weight excluding hydrogens is 290 g/mol. The van der Waals surface area contributed by atoms with Crippen LogP contribution >= 0.6 is 11.6 Å².